The molecular formula is C17H23N5O3. The average Bonchev–Trinajstić information content (AvgIpc) is 3.13. The Bertz CT molecular complexity index is 760. The molecule has 3 rings (SSSR count). The van der Waals surface area contributed by atoms with Gasteiger partial charge in [0.05, 0.1) is 25.3 Å². The van der Waals surface area contributed by atoms with E-state index in [0.29, 0.717) is 17.5 Å². The number of nitrogens with zero attached hydrogens (tertiary/aromatic N) is 4. The quantitative estimate of drug-likeness (QED) is 0.876. The summed E-state index contributed by atoms with van der Waals surface area (Å²) >= 11 is 0. The summed E-state index contributed by atoms with van der Waals surface area (Å²) in [5, 5.41) is 6.96. The smallest absolute Gasteiger partial charge is 0.318 e. The normalized spacial score (nSPS) is 19.9. The van der Waals surface area contributed by atoms with Crippen molar-refractivity contribution in [3.63, 3.8) is 0 Å². The molecule has 0 saturated carbocycles. The van der Waals surface area contributed by atoms with Crippen LogP contribution in [0.5, 0.6) is 6.01 Å². The molecule has 1 N–H and O–H groups in total. The average molecular weight is 345 g/mol. The molecule has 25 heavy (non-hydrogen) atoms. The summed E-state index contributed by atoms with van der Waals surface area (Å²) in [7, 11) is 1.56. The molecule has 134 valence electrons. The molecule has 0 spiro atoms. The van der Waals surface area contributed by atoms with Gasteiger partial charge in [-0.15, -0.1) is 0 Å². The van der Waals surface area contributed by atoms with Crippen molar-refractivity contribution in [1.82, 2.24) is 20.4 Å². The predicted molar refractivity (Wildman–Crippen MR) is 91.6 cm³/mol. The summed E-state index contributed by atoms with van der Waals surface area (Å²) in [5.41, 5.74) is 1.50. The van der Waals surface area contributed by atoms with Crippen molar-refractivity contribution in [2.75, 3.05) is 18.6 Å². The van der Waals surface area contributed by atoms with Crippen LogP contribution < -0.4 is 15.0 Å². The van der Waals surface area contributed by atoms with Crippen LogP contribution in [0, 0.1) is 13.8 Å². The van der Waals surface area contributed by atoms with Crippen LogP contribution >= 0.6 is 0 Å². The number of rotatable bonds is 5. The Morgan fingerprint density at radius 3 is 2.88 bits per heavy atom. The number of carbonyl (C=O) groups excluding carboxylic acids is 1. The van der Waals surface area contributed by atoms with Gasteiger partial charge in [0.2, 0.25) is 5.91 Å². The number of anilines is 1. The summed E-state index contributed by atoms with van der Waals surface area (Å²) < 4.78 is 10.2. The molecule has 1 aliphatic rings. The fourth-order valence-electron chi connectivity index (χ4n) is 3.14. The van der Waals surface area contributed by atoms with Crippen molar-refractivity contribution >= 4 is 11.7 Å². The van der Waals surface area contributed by atoms with Crippen molar-refractivity contribution in [1.29, 1.82) is 0 Å². The van der Waals surface area contributed by atoms with Crippen LogP contribution in [0.2, 0.25) is 0 Å². The molecule has 3 heterocycles. The molecule has 2 aromatic rings. The number of hydrogen-bond acceptors (Lipinski definition) is 7. The highest BCUT2D eigenvalue weighted by atomic mass is 16.5. The summed E-state index contributed by atoms with van der Waals surface area (Å²) in [6.45, 7) is 6.62. The van der Waals surface area contributed by atoms with Crippen molar-refractivity contribution < 1.29 is 14.1 Å². The van der Waals surface area contributed by atoms with E-state index in [4.69, 9.17) is 9.26 Å². The van der Waals surface area contributed by atoms with E-state index in [-0.39, 0.29) is 24.4 Å². The molecular weight excluding hydrogens is 322 g/mol. The lowest BCUT2D eigenvalue weighted by atomic mass is 10.1. The fraction of sp³-hybridized carbons (Fsp3) is 0.529. The van der Waals surface area contributed by atoms with Gasteiger partial charge in [-0.25, -0.2) is 4.98 Å². The van der Waals surface area contributed by atoms with Crippen LogP contribution in [-0.2, 0) is 11.2 Å². The summed E-state index contributed by atoms with van der Waals surface area (Å²) in [4.78, 5) is 23.1. The standard InChI is InChI=1S/C17H23N5O3/c1-10-7-15(20-17(18-10)24-4)22-6-5-14(12(22)3)19-16(23)9-13-8-11(2)25-21-13/h7-8,12,14H,5-6,9H2,1-4H3,(H,19,23). The van der Waals surface area contributed by atoms with E-state index in [1.807, 2.05) is 19.9 Å². The van der Waals surface area contributed by atoms with Crippen molar-refractivity contribution in [2.24, 2.45) is 0 Å². The molecule has 1 saturated heterocycles. The van der Waals surface area contributed by atoms with Crippen molar-refractivity contribution in [2.45, 2.75) is 45.7 Å². The molecule has 8 heteroatoms. The Balaban J connectivity index is 1.64. The van der Waals surface area contributed by atoms with E-state index in [2.05, 4.69) is 32.3 Å². The monoisotopic (exact) mass is 345 g/mol. The summed E-state index contributed by atoms with van der Waals surface area (Å²) in [6.07, 6.45) is 1.08. The van der Waals surface area contributed by atoms with E-state index in [0.717, 1.165) is 24.5 Å². The number of ether oxygens (including phenoxy) is 1. The van der Waals surface area contributed by atoms with Crippen LogP contribution in [0.25, 0.3) is 0 Å². The number of hydrogen-bond donors (Lipinski definition) is 1. The van der Waals surface area contributed by atoms with Crippen molar-refractivity contribution in [3.8, 4) is 6.01 Å². The Morgan fingerprint density at radius 1 is 1.40 bits per heavy atom. The third kappa shape index (κ3) is 3.89. The van der Waals surface area contributed by atoms with Crippen LogP contribution in [0.1, 0.15) is 30.5 Å². The molecule has 1 fully saturated rings. The number of aryl methyl sites for hydroxylation is 2. The van der Waals surface area contributed by atoms with E-state index >= 15 is 0 Å². The van der Waals surface area contributed by atoms with Gasteiger partial charge < -0.3 is 19.5 Å². The van der Waals surface area contributed by atoms with E-state index < -0.39 is 0 Å². The fourth-order valence-corrected chi connectivity index (χ4v) is 3.14. The summed E-state index contributed by atoms with van der Waals surface area (Å²) in [5.74, 6) is 1.47. The van der Waals surface area contributed by atoms with Gasteiger partial charge in [-0.2, -0.15) is 4.98 Å². The lowest BCUT2D eigenvalue weighted by Crippen LogP contribution is -2.44. The minimum absolute atomic E-state index is 0.0524. The zero-order valence-electron chi connectivity index (χ0n) is 14.9. The minimum Gasteiger partial charge on any atom is -0.467 e. The highest BCUT2D eigenvalue weighted by Crippen LogP contribution is 2.26. The molecule has 8 nitrogen and oxygen atoms in total. The molecule has 0 aliphatic carbocycles. The Kier molecular flexibility index (Phi) is 4.87. The maximum Gasteiger partial charge on any atom is 0.318 e. The van der Waals surface area contributed by atoms with E-state index in [1.165, 1.54) is 0 Å². The van der Waals surface area contributed by atoms with Crippen LogP contribution in [0.3, 0.4) is 0 Å². The zero-order chi connectivity index (χ0) is 18.0. The van der Waals surface area contributed by atoms with Gasteiger partial charge in [-0.1, -0.05) is 5.16 Å². The molecule has 0 bridgehead atoms. The molecule has 2 unspecified atom stereocenters. The molecule has 1 amide bonds. The van der Waals surface area contributed by atoms with Gasteiger partial charge in [0.1, 0.15) is 11.6 Å². The van der Waals surface area contributed by atoms with E-state index in [1.54, 1.807) is 13.2 Å². The highest BCUT2D eigenvalue weighted by Gasteiger charge is 2.33. The topological polar surface area (TPSA) is 93.4 Å². The molecule has 0 radical (unpaired) electrons. The van der Waals surface area contributed by atoms with Gasteiger partial charge in [-0.3, -0.25) is 4.79 Å². The molecule has 2 atom stereocenters. The van der Waals surface area contributed by atoms with Gasteiger partial charge in [-0.05, 0) is 27.2 Å². The SMILES string of the molecule is COc1nc(C)cc(N2CCC(NC(=O)Cc3cc(C)on3)C2C)n1. The number of nitrogens with one attached hydrogen (secondary N) is 1. The maximum absolute atomic E-state index is 12.3. The Hall–Kier alpha value is -2.64. The highest BCUT2D eigenvalue weighted by molar-refractivity contribution is 5.78. The first-order chi connectivity index (χ1) is 12.0. The minimum atomic E-state index is -0.0524. The third-order valence-corrected chi connectivity index (χ3v) is 4.42. The Labute approximate surface area is 146 Å². The second-order valence-electron chi connectivity index (χ2n) is 6.36. The molecule has 1 aliphatic heterocycles. The van der Waals surface area contributed by atoms with Crippen LogP contribution in [0.4, 0.5) is 5.82 Å². The number of carbonyl (C=O) groups is 1. The predicted octanol–water partition coefficient (Wildman–Crippen LogP) is 1.42. The van der Waals surface area contributed by atoms with Gasteiger partial charge in [0.25, 0.3) is 0 Å². The maximum atomic E-state index is 12.3. The second kappa shape index (κ2) is 7.08. The first-order valence-electron chi connectivity index (χ1n) is 8.34. The van der Waals surface area contributed by atoms with Crippen LogP contribution in [0.15, 0.2) is 16.7 Å². The first-order valence-corrected chi connectivity index (χ1v) is 8.34. The van der Waals surface area contributed by atoms with E-state index in [9.17, 15) is 4.79 Å². The molecule has 0 aromatic carbocycles. The zero-order valence-corrected chi connectivity index (χ0v) is 14.9. The Morgan fingerprint density at radius 2 is 2.20 bits per heavy atom. The van der Waals surface area contributed by atoms with Crippen LogP contribution in [-0.4, -0.2) is 46.8 Å². The summed E-state index contributed by atoms with van der Waals surface area (Å²) in [6, 6.07) is 4.25. The van der Waals surface area contributed by atoms with Gasteiger partial charge >= 0.3 is 6.01 Å². The van der Waals surface area contributed by atoms with Gasteiger partial charge in [0, 0.05) is 30.4 Å². The lowest BCUT2D eigenvalue weighted by molar-refractivity contribution is -0.121. The first kappa shape index (κ1) is 17.2. The number of amides is 1. The second-order valence-corrected chi connectivity index (χ2v) is 6.36. The number of aromatic nitrogens is 3. The lowest BCUT2D eigenvalue weighted by Gasteiger charge is -2.26. The van der Waals surface area contributed by atoms with Gasteiger partial charge in [0.15, 0.2) is 0 Å². The van der Waals surface area contributed by atoms with Crippen molar-refractivity contribution in [3.05, 3.63) is 29.3 Å². The molecule has 2 aromatic heterocycles. The largest absolute Gasteiger partial charge is 0.467 e. The third-order valence-electron chi connectivity index (χ3n) is 4.42. The number of methoxy groups -OCH3 is 1.